The molecule has 7 heteroatoms. The van der Waals surface area contributed by atoms with E-state index >= 15 is 0 Å². The number of carboxylic acid groups (broad SMARTS) is 1. The van der Waals surface area contributed by atoms with Crippen LogP contribution in [0.5, 0.6) is 0 Å². The summed E-state index contributed by atoms with van der Waals surface area (Å²) in [5.41, 5.74) is 4.67. The minimum atomic E-state index is -0.959. The van der Waals surface area contributed by atoms with Crippen molar-refractivity contribution in [2.45, 2.75) is 50.5 Å². The van der Waals surface area contributed by atoms with E-state index in [-0.39, 0.29) is 36.2 Å². The Balaban J connectivity index is 1.09. The van der Waals surface area contributed by atoms with E-state index in [0.717, 1.165) is 43.2 Å². The van der Waals surface area contributed by atoms with E-state index in [1.165, 1.54) is 11.1 Å². The molecule has 3 aliphatic rings. The van der Waals surface area contributed by atoms with Crippen LogP contribution < -0.4 is 10.6 Å². The predicted octanol–water partition coefficient (Wildman–Crippen LogP) is 4.31. The maximum absolute atomic E-state index is 12.6. The first-order chi connectivity index (χ1) is 17.0. The number of nitrogens with one attached hydrogen (secondary N) is 2. The molecule has 35 heavy (non-hydrogen) atoms. The summed E-state index contributed by atoms with van der Waals surface area (Å²) in [5, 5.41) is 15.1. The van der Waals surface area contributed by atoms with Crippen LogP contribution in [0.4, 0.5) is 4.79 Å². The van der Waals surface area contributed by atoms with E-state index in [4.69, 9.17) is 4.74 Å². The first-order valence-electron chi connectivity index (χ1n) is 12.6. The summed E-state index contributed by atoms with van der Waals surface area (Å²) in [7, 11) is 0. The van der Waals surface area contributed by atoms with Crippen LogP contribution in [-0.2, 0) is 14.3 Å². The summed E-state index contributed by atoms with van der Waals surface area (Å²) in [4.78, 5) is 36.7. The molecule has 0 aromatic heterocycles. The van der Waals surface area contributed by atoms with Gasteiger partial charge in [-0.1, -0.05) is 67.8 Å². The molecule has 2 aromatic carbocycles. The van der Waals surface area contributed by atoms with E-state index in [9.17, 15) is 19.5 Å². The lowest BCUT2D eigenvalue weighted by molar-refractivity contribution is -0.144. The van der Waals surface area contributed by atoms with Crippen molar-refractivity contribution < 1.29 is 24.2 Å². The van der Waals surface area contributed by atoms with Crippen molar-refractivity contribution in [1.29, 1.82) is 0 Å². The molecule has 2 saturated carbocycles. The summed E-state index contributed by atoms with van der Waals surface area (Å²) < 4.78 is 5.56. The molecule has 2 aromatic rings. The Morgan fingerprint density at radius 2 is 1.57 bits per heavy atom. The molecule has 1 unspecified atom stereocenters. The highest BCUT2D eigenvalue weighted by Crippen LogP contribution is 2.44. The number of ether oxygens (including phenoxy) is 1. The van der Waals surface area contributed by atoms with Crippen molar-refractivity contribution in [2.75, 3.05) is 13.2 Å². The van der Waals surface area contributed by atoms with E-state index in [2.05, 4.69) is 34.9 Å². The van der Waals surface area contributed by atoms with Crippen molar-refractivity contribution in [3.05, 3.63) is 59.7 Å². The Labute approximate surface area is 205 Å². The molecule has 7 nitrogen and oxygen atoms in total. The summed E-state index contributed by atoms with van der Waals surface area (Å²) in [6.45, 7) is 0.589. The predicted molar refractivity (Wildman–Crippen MR) is 131 cm³/mol. The maximum atomic E-state index is 12.6. The highest BCUT2D eigenvalue weighted by Gasteiger charge is 2.45. The third kappa shape index (κ3) is 5.04. The number of amides is 2. The first-order valence-corrected chi connectivity index (χ1v) is 12.6. The molecule has 0 saturated heterocycles. The molecule has 0 heterocycles. The molecule has 3 atom stereocenters. The molecule has 0 radical (unpaired) electrons. The minimum Gasteiger partial charge on any atom is -0.480 e. The number of benzene rings is 2. The van der Waals surface area contributed by atoms with Crippen LogP contribution in [0.3, 0.4) is 0 Å². The van der Waals surface area contributed by atoms with Crippen LogP contribution in [0.25, 0.3) is 11.1 Å². The lowest BCUT2D eigenvalue weighted by Crippen LogP contribution is -2.47. The van der Waals surface area contributed by atoms with Gasteiger partial charge in [-0.25, -0.2) is 9.59 Å². The average Bonchev–Trinajstić information content (AvgIpc) is 3.60. The van der Waals surface area contributed by atoms with Crippen molar-refractivity contribution in [3.63, 3.8) is 0 Å². The number of rotatable bonds is 8. The lowest BCUT2D eigenvalue weighted by Gasteiger charge is -2.28. The average molecular weight is 477 g/mol. The van der Waals surface area contributed by atoms with Gasteiger partial charge in [-0.15, -0.1) is 0 Å². The van der Waals surface area contributed by atoms with Crippen molar-refractivity contribution in [1.82, 2.24) is 10.6 Å². The zero-order valence-corrected chi connectivity index (χ0v) is 19.7. The number of hydrogen-bond acceptors (Lipinski definition) is 4. The zero-order chi connectivity index (χ0) is 24.4. The van der Waals surface area contributed by atoms with Crippen LogP contribution in [-0.4, -0.2) is 42.3 Å². The normalized spacial score (nSPS) is 21.9. The minimum absolute atomic E-state index is 0.000315. The molecular weight excluding hydrogens is 444 g/mol. The van der Waals surface area contributed by atoms with Crippen LogP contribution in [0.1, 0.15) is 55.6 Å². The van der Waals surface area contributed by atoms with E-state index in [1.54, 1.807) is 0 Å². The van der Waals surface area contributed by atoms with Gasteiger partial charge in [0.1, 0.15) is 12.6 Å². The lowest BCUT2D eigenvalue weighted by atomic mass is 9.84. The van der Waals surface area contributed by atoms with Gasteiger partial charge in [-0.05, 0) is 53.4 Å². The molecule has 0 bridgehead atoms. The van der Waals surface area contributed by atoms with E-state index < -0.39 is 18.1 Å². The maximum Gasteiger partial charge on any atom is 0.407 e. The third-order valence-electron chi connectivity index (χ3n) is 7.80. The van der Waals surface area contributed by atoms with Gasteiger partial charge in [0.15, 0.2) is 0 Å². The Bertz CT molecular complexity index is 1060. The van der Waals surface area contributed by atoms with Gasteiger partial charge in [-0.3, -0.25) is 4.79 Å². The molecule has 184 valence electrons. The Kier molecular flexibility index (Phi) is 6.75. The van der Waals surface area contributed by atoms with Gasteiger partial charge in [0.25, 0.3) is 0 Å². The summed E-state index contributed by atoms with van der Waals surface area (Å²) >= 11 is 0. The second kappa shape index (κ2) is 10.1. The SMILES string of the molecule is O=C(NC[C@H]1C[C@H]1C(=O)NC(C(=O)O)C1CCCCC1)OCC1c2ccccc2-c2ccccc21. The van der Waals surface area contributed by atoms with Crippen molar-refractivity contribution in [2.24, 2.45) is 17.8 Å². The standard InChI is InChI=1S/C28H32N2O5/c31-26(30-25(27(32)33)17-8-2-1-3-9-17)23-14-18(23)15-29-28(34)35-16-24-21-12-6-4-10-19(21)20-11-5-7-13-22(20)24/h4-7,10-13,17-18,23-25H,1-3,8-9,14-16H2,(H,29,34)(H,30,31)(H,32,33)/t18-,23-,25?/m1/s1. The third-order valence-corrected chi connectivity index (χ3v) is 7.80. The highest BCUT2D eigenvalue weighted by molar-refractivity contribution is 5.87. The van der Waals surface area contributed by atoms with E-state index in [0.29, 0.717) is 13.0 Å². The molecule has 5 rings (SSSR count). The van der Waals surface area contributed by atoms with Crippen LogP contribution in [0.2, 0.25) is 0 Å². The molecule has 2 amide bonds. The Hall–Kier alpha value is -3.35. The van der Waals surface area contributed by atoms with Crippen LogP contribution in [0.15, 0.2) is 48.5 Å². The number of carbonyl (C=O) groups excluding carboxylic acids is 2. The largest absolute Gasteiger partial charge is 0.480 e. The first kappa shape index (κ1) is 23.4. The smallest absolute Gasteiger partial charge is 0.407 e. The quantitative estimate of drug-likeness (QED) is 0.527. The van der Waals surface area contributed by atoms with Crippen molar-refractivity contribution >= 4 is 18.0 Å². The monoisotopic (exact) mass is 476 g/mol. The molecular formula is C28H32N2O5. The van der Waals surface area contributed by atoms with Crippen LogP contribution >= 0.6 is 0 Å². The summed E-state index contributed by atoms with van der Waals surface area (Å²) in [6, 6.07) is 15.5. The fourth-order valence-electron chi connectivity index (χ4n) is 5.77. The van der Waals surface area contributed by atoms with Gasteiger partial charge in [-0.2, -0.15) is 0 Å². The van der Waals surface area contributed by atoms with E-state index in [1.807, 2.05) is 24.3 Å². The molecule has 0 spiro atoms. The highest BCUT2D eigenvalue weighted by atomic mass is 16.5. The number of carbonyl (C=O) groups is 3. The Morgan fingerprint density at radius 1 is 0.943 bits per heavy atom. The number of hydrogen-bond donors (Lipinski definition) is 3. The van der Waals surface area contributed by atoms with Crippen molar-refractivity contribution in [3.8, 4) is 11.1 Å². The van der Waals surface area contributed by atoms with Gasteiger partial charge >= 0.3 is 12.1 Å². The molecule has 0 aliphatic heterocycles. The Morgan fingerprint density at radius 3 is 2.20 bits per heavy atom. The zero-order valence-electron chi connectivity index (χ0n) is 19.7. The van der Waals surface area contributed by atoms with Crippen LogP contribution in [0, 0.1) is 17.8 Å². The number of carboxylic acids is 1. The summed E-state index contributed by atoms with van der Waals surface area (Å²) in [6.07, 6.45) is 4.99. The van der Waals surface area contributed by atoms with Gasteiger partial charge < -0.3 is 20.5 Å². The number of fused-ring (bicyclic) bond motifs is 3. The molecule has 2 fully saturated rings. The van der Waals surface area contributed by atoms with Gasteiger partial charge in [0.05, 0.1) is 0 Å². The second-order valence-corrected chi connectivity index (χ2v) is 10.0. The fraction of sp³-hybridized carbons (Fsp3) is 0.464. The number of aliphatic carboxylic acids is 1. The van der Waals surface area contributed by atoms with Gasteiger partial charge in [0.2, 0.25) is 5.91 Å². The topological polar surface area (TPSA) is 105 Å². The van der Waals surface area contributed by atoms with Gasteiger partial charge in [0, 0.05) is 18.4 Å². The molecule has 3 N–H and O–H groups in total. The summed E-state index contributed by atoms with van der Waals surface area (Å²) in [5.74, 6) is -1.42. The number of alkyl carbamates (subject to hydrolysis) is 1. The molecule has 3 aliphatic carbocycles. The second-order valence-electron chi connectivity index (χ2n) is 10.0. The fourth-order valence-corrected chi connectivity index (χ4v) is 5.77.